The summed E-state index contributed by atoms with van der Waals surface area (Å²) in [5.74, 6) is -0.123. The quantitative estimate of drug-likeness (QED) is 0.638. The second-order valence-electron chi connectivity index (χ2n) is 6.45. The molecule has 29 heavy (non-hydrogen) atoms. The second-order valence-corrected chi connectivity index (χ2v) is 8.39. The van der Waals surface area contributed by atoms with E-state index < -0.39 is 15.9 Å². The lowest BCUT2D eigenvalue weighted by Crippen LogP contribution is -2.37. The standard InChI is InChI=1S/C20H23N3O5S/c1-23-18(20(25)22-17-11-5-6-12-21-17)19(28-14-8-2-7-13-24)15-9-3-4-10-16(15)29(23,26)27/h3-6,9-12,24H,2,7-8,13-14H2,1H3,(H,21,22,25). The number of carbonyl (C=O) groups is 1. The minimum absolute atomic E-state index is 0.0854. The number of rotatable bonds is 8. The zero-order chi connectivity index (χ0) is 20.9. The van der Waals surface area contributed by atoms with Crippen LogP contribution >= 0.6 is 0 Å². The Hall–Kier alpha value is -2.91. The Kier molecular flexibility index (Phi) is 6.50. The van der Waals surface area contributed by atoms with E-state index in [9.17, 15) is 13.2 Å². The van der Waals surface area contributed by atoms with E-state index in [0.29, 0.717) is 24.2 Å². The molecule has 0 radical (unpaired) electrons. The van der Waals surface area contributed by atoms with Crippen molar-refractivity contribution in [3.8, 4) is 0 Å². The van der Waals surface area contributed by atoms with Crippen molar-refractivity contribution in [3.63, 3.8) is 0 Å². The monoisotopic (exact) mass is 417 g/mol. The number of aromatic nitrogens is 1. The SMILES string of the molecule is CN1C(C(=O)Nc2ccccn2)=C(OCCCCCO)c2ccccc2S1(=O)=O. The van der Waals surface area contributed by atoms with Crippen LogP contribution in [0.5, 0.6) is 0 Å². The lowest BCUT2D eigenvalue weighted by atomic mass is 10.1. The molecule has 0 fully saturated rings. The van der Waals surface area contributed by atoms with Gasteiger partial charge in [0.2, 0.25) is 0 Å². The van der Waals surface area contributed by atoms with E-state index in [-0.39, 0.29) is 29.6 Å². The van der Waals surface area contributed by atoms with E-state index in [1.54, 1.807) is 36.4 Å². The van der Waals surface area contributed by atoms with Crippen molar-refractivity contribution in [1.29, 1.82) is 0 Å². The summed E-state index contributed by atoms with van der Waals surface area (Å²) in [6, 6.07) is 11.5. The van der Waals surface area contributed by atoms with Crippen molar-refractivity contribution < 1.29 is 23.1 Å². The summed E-state index contributed by atoms with van der Waals surface area (Å²) in [5, 5.41) is 11.5. The van der Waals surface area contributed by atoms with Crippen LogP contribution in [-0.4, -0.2) is 49.0 Å². The molecule has 0 saturated carbocycles. The third kappa shape index (κ3) is 4.41. The molecule has 2 heterocycles. The van der Waals surface area contributed by atoms with Gasteiger partial charge in [-0.1, -0.05) is 18.2 Å². The van der Waals surface area contributed by atoms with Crippen molar-refractivity contribution in [2.24, 2.45) is 0 Å². The summed E-state index contributed by atoms with van der Waals surface area (Å²) >= 11 is 0. The molecule has 1 aromatic carbocycles. The maximum atomic E-state index is 13.0. The number of hydrogen-bond donors (Lipinski definition) is 2. The summed E-state index contributed by atoms with van der Waals surface area (Å²) in [6.07, 6.45) is 3.60. The van der Waals surface area contributed by atoms with Gasteiger partial charge in [0.15, 0.2) is 11.5 Å². The van der Waals surface area contributed by atoms with Gasteiger partial charge in [-0.3, -0.25) is 9.10 Å². The highest BCUT2D eigenvalue weighted by atomic mass is 32.2. The van der Waals surface area contributed by atoms with Crippen LogP contribution in [-0.2, 0) is 19.6 Å². The zero-order valence-electron chi connectivity index (χ0n) is 16.0. The zero-order valence-corrected chi connectivity index (χ0v) is 16.9. The molecule has 2 N–H and O–H groups in total. The number of aliphatic hydroxyl groups excluding tert-OH is 1. The average Bonchev–Trinajstić information content (AvgIpc) is 2.72. The topological polar surface area (TPSA) is 109 Å². The van der Waals surface area contributed by atoms with Crippen LogP contribution in [0.3, 0.4) is 0 Å². The Balaban J connectivity index is 2.00. The highest BCUT2D eigenvalue weighted by Crippen LogP contribution is 2.37. The van der Waals surface area contributed by atoms with Crippen molar-refractivity contribution in [2.45, 2.75) is 24.2 Å². The molecule has 0 bridgehead atoms. The summed E-state index contributed by atoms with van der Waals surface area (Å²) in [5.41, 5.74) is 0.246. The first-order valence-electron chi connectivity index (χ1n) is 9.25. The molecule has 1 aliphatic rings. The molecule has 2 aromatic rings. The van der Waals surface area contributed by atoms with Crippen LogP contribution in [0, 0.1) is 0 Å². The van der Waals surface area contributed by atoms with Gasteiger partial charge in [0.05, 0.1) is 11.5 Å². The first-order valence-corrected chi connectivity index (χ1v) is 10.7. The molecule has 3 rings (SSSR count). The maximum absolute atomic E-state index is 13.0. The van der Waals surface area contributed by atoms with E-state index in [4.69, 9.17) is 9.84 Å². The fourth-order valence-electron chi connectivity index (χ4n) is 2.99. The molecule has 1 aromatic heterocycles. The predicted molar refractivity (Wildman–Crippen MR) is 108 cm³/mol. The number of hydrogen-bond acceptors (Lipinski definition) is 6. The second kappa shape index (κ2) is 9.06. The first kappa shape index (κ1) is 20.8. The summed E-state index contributed by atoms with van der Waals surface area (Å²) in [6.45, 7) is 0.391. The first-order chi connectivity index (χ1) is 14.0. The molecule has 0 aliphatic carbocycles. The Morgan fingerprint density at radius 2 is 1.90 bits per heavy atom. The number of ether oxygens (including phenoxy) is 1. The molecule has 8 nitrogen and oxygen atoms in total. The number of carbonyl (C=O) groups excluding carboxylic acids is 1. The number of anilines is 1. The molecule has 0 saturated heterocycles. The molecule has 9 heteroatoms. The van der Waals surface area contributed by atoms with Crippen LogP contribution in [0.2, 0.25) is 0 Å². The number of sulfonamides is 1. The Labute approximate surface area is 169 Å². The van der Waals surface area contributed by atoms with Gasteiger partial charge in [0.1, 0.15) is 5.82 Å². The Morgan fingerprint density at radius 1 is 1.14 bits per heavy atom. The maximum Gasteiger partial charge on any atom is 0.277 e. The van der Waals surface area contributed by atoms with Crippen LogP contribution in [0.1, 0.15) is 24.8 Å². The largest absolute Gasteiger partial charge is 0.490 e. The molecular weight excluding hydrogens is 394 g/mol. The van der Waals surface area contributed by atoms with Crippen LogP contribution in [0.4, 0.5) is 5.82 Å². The number of unbranched alkanes of at least 4 members (excludes halogenated alkanes) is 2. The number of nitrogens with one attached hydrogen (secondary N) is 1. The number of nitrogens with zero attached hydrogens (tertiary/aromatic N) is 2. The van der Waals surface area contributed by atoms with Gasteiger partial charge >= 0.3 is 0 Å². The third-order valence-electron chi connectivity index (χ3n) is 4.47. The van der Waals surface area contributed by atoms with Gasteiger partial charge in [-0.15, -0.1) is 0 Å². The van der Waals surface area contributed by atoms with Crippen molar-refractivity contribution in [1.82, 2.24) is 9.29 Å². The predicted octanol–water partition coefficient (Wildman–Crippen LogP) is 2.20. The fraction of sp³-hybridized carbons (Fsp3) is 0.300. The molecule has 0 atom stereocenters. The number of benzene rings is 1. The van der Waals surface area contributed by atoms with Gasteiger partial charge in [0.25, 0.3) is 15.9 Å². The molecule has 0 spiro atoms. The van der Waals surface area contributed by atoms with Gasteiger partial charge in [-0.25, -0.2) is 13.4 Å². The average molecular weight is 417 g/mol. The number of aliphatic hydroxyl groups is 1. The summed E-state index contributed by atoms with van der Waals surface area (Å²) < 4.78 is 32.7. The normalized spacial score (nSPS) is 15.0. The van der Waals surface area contributed by atoms with E-state index in [0.717, 1.165) is 10.7 Å². The Bertz CT molecular complexity index is 1010. The van der Waals surface area contributed by atoms with Crippen LogP contribution < -0.4 is 5.32 Å². The van der Waals surface area contributed by atoms with E-state index in [2.05, 4.69) is 10.3 Å². The van der Waals surface area contributed by atoms with Crippen molar-refractivity contribution >= 4 is 27.5 Å². The Morgan fingerprint density at radius 3 is 2.62 bits per heavy atom. The van der Waals surface area contributed by atoms with Crippen molar-refractivity contribution in [2.75, 3.05) is 25.6 Å². The van der Waals surface area contributed by atoms with E-state index in [1.807, 2.05) is 0 Å². The fourth-order valence-corrected chi connectivity index (χ4v) is 4.38. The smallest absolute Gasteiger partial charge is 0.277 e. The number of likely N-dealkylation sites (N-methyl/N-ethyl adjacent to an activating group) is 1. The summed E-state index contributed by atoms with van der Waals surface area (Å²) in [7, 11) is -2.57. The van der Waals surface area contributed by atoms with Crippen LogP contribution in [0.15, 0.2) is 59.3 Å². The van der Waals surface area contributed by atoms with E-state index >= 15 is 0 Å². The highest BCUT2D eigenvalue weighted by Gasteiger charge is 2.38. The van der Waals surface area contributed by atoms with E-state index in [1.165, 1.54) is 19.3 Å². The minimum Gasteiger partial charge on any atom is -0.490 e. The molecular formula is C20H23N3O5S. The van der Waals surface area contributed by atoms with Gasteiger partial charge in [0, 0.05) is 25.4 Å². The number of amides is 1. The van der Waals surface area contributed by atoms with Crippen LogP contribution in [0.25, 0.3) is 5.76 Å². The number of fused-ring (bicyclic) bond motifs is 1. The molecule has 0 unspecified atom stereocenters. The lowest BCUT2D eigenvalue weighted by Gasteiger charge is -2.30. The van der Waals surface area contributed by atoms with Gasteiger partial charge in [-0.05, 0) is 43.5 Å². The molecule has 1 aliphatic heterocycles. The highest BCUT2D eigenvalue weighted by molar-refractivity contribution is 7.89. The third-order valence-corrected chi connectivity index (χ3v) is 6.29. The van der Waals surface area contributed by atoms with Gasteiger partial charge in [-0.2, -0.15) is 0 Å². The van der Waals surface area contributed by atoms with Crippen molar-refractivity contribution in [3.05, 3.63) is 59.9 Å². The minimum atomic E-state index is -3.90. The molecule has 154 valence electrons. The lowest BCUT2D eigenvalue weighted by molar-refractivity contribution is -0.113. The number of pyridine rings is 1. The summed E-state index contributed by atoms with van der Waals surface area (Å²) in [4.78, 5) is 17.1. The molecule has 1 amide bonds. The van der Waals surface area contributed by atoms with Gasteiger partial charge < -0.3 is 15.2 Å².